The van der Waals surface area contributed by atoms with Crippen molar-refractivity contribution in [2.75, 3.05) is 0 Å². The van der Waals surface area contributed by atoms with Crippen molar-refractivity contribution in [1.82, 2.24) is 15.0 Å². The SMILES string of the molecule is Cc1c[c-]c(-c2cc(C)c(C)cn2)cc1.Cc1ccc2c(n1)oc1c(-c3ccc4sc(C)c(C)c4n3)[c-]ccc12.[Ir]. The maximum absolute atomic E-state index is 6.09. The maximum Gasteiger partial charge on any atom is 0.216 e. The number of fused-ring (bicyclic) bond motifs is 4. The number of aromatic nitrogens is 3. The second-order valence-corrected chi connectivity index (χ2v) is 11.5. The molecule has 41 heavy (non-hydrogen) atoms. The summed E-state index contributed by atoms with van der Waals surface area (Å²) >= 11 is 1.79. The molecule has 0 atom stereocenters. The molecule has 0 unspecified atom stereocenters. The second kappa shape index (κ2) is 11.7. The molecule has 0 aliphatic rings. The molecule has 0 spiro atoms. The van der Waals surface area contributed by atoms with Crippen LogP contribution in [0.5, 0.6) is 0 Å². The number of aryl methyl sites for hydroxylation is 6. The number of nitrogens with zero attached hydrogens (tertiary/aromatic N) is 3. The number of furan rings is 1. The summed E-state index contributed by atoms with van der Waals surface area (Å²) in [6, 6.07) is 27.0. The molecule has 7 aromatic rings. The van der Waals surface area contributed by atoms with Gasteiger partial charge in [0.2, 0.25) is 5.71 Å². The van der Waals surface area contributed by atoms with Gasteiger partial charge in [0, 0.05) is 42.3 Å². The van der Waals surface area contributed by atoms with E-state index in [-0.39, 0.29) is 20.1 Å². The topological polar surface area (TPSA) is 51.8 Å². The monoisotopic (exact) mass is 732 g/mol. The Labute approximate surface area is 257 Å². The zero-order valence-corrected chi connectivity index (χ0v) is 27.1. The predicted octanol–water partition coefficient (Wildman–Crippen LogP) is 9.45. The van der Waals surface area contributed by atoms with Crippen LogP contribution >= 0.6 is 11.3 Å². The van der Waals surface area contributed by atoms with Crippen LogP contribution < -0.4 is 0 Å². The zero-order chi connectivity index (χ0) is 28.0. The number of pyridine rings is 3. The van der Waals surface area contributed by atoms with Gasteiger partial charge >= 0.3 is 0 Å². The molecule has 207 valence electrons. The minimum Gasteiger partial charge on any atom is -0.486 e. The van der Waals surface area contributed by atoms with Crippen molar-refractivity contribution >= 4 is 43.6 Å². The van der Waals surface area contributed by atoms with Gasteiger partial charge in [-0.15, -0.1) is 64.9 Å². The Morgan fingerprint density at radius 2 is 1.61 bits per heavy atom. The van der Waals surface area contributed by atoms with E-state index in [1.54, 1.807) is 11.3 Å². The predicted molar refractivity (Wildman–Crippen MR) is 166 cm³/mol. The molecule has 5 aromatic heterocycles. The first-order chi connectivity index (χ1) is 19.3. The number of hydrogen-bond donors (Lipinski definition) is 0. The van der Waals surface area contributed by atoms with Gasteiger partial charge in [0.1, 0.15) is 0 Å². The third-order valence-corrected chi connectivity index (χ3v) is 8.48. The summed E-state index contributed by atoms with van der Waals surface area (Å²) in [4.78, 5) is 15.1. The molecule has 0 amide bonds. The van der Waals surface area contributed by atoms with Crippen molar-refractivity contribution in [1.29, 1.82) is 0 Å². The Morgan fingerprint density at radius 3 is 2.37 bits per heavy atom. The molecule has 0 bridgehead atoms. The largest absolute Gasteiger partial charge is 0.486 e. The van der Waals surface area contributed by atoms with E-state index in [1.807, 2.05) is 37.4 Å². The van der Waals surface area contributed by atoms with E-state index in [0.29, 0.717) is 5.71 Å². The summed E-state index contributed by atoms with van der Waals surface area (Å²) in [5.41, 5.74) is 12.3. The zero-order valence-electron chi connectivity index (χ0n) is 23.8. The van der Waals surface area contributed by atoms with Crippen molar-refractivity contribution in [2.45, 2.75) is 41.5 Å². The van der Waals surface area contributed by atoms with Crippen LogP contribution in [-0.2, 0) is 20.1 Å². The van der Waals surface area contributed by atoms with E-state index in [2.05, 4.69) is 93.1 Å². The summed E-state index contributed by atoms with van der Waals surface area (Å²) in [5.74, 6) is 0. The van der Waals surface area contributed by atoms with E-state index in [0.717, 1.165) is 50.1 Å². The quantitative estimate of drug-likeness (QED) is 0.166. The Balaban J connectivity index is 0.000000182. The third-order valence-electron chi connectivity index (χ3n) is 7.32. The smallest absolute Gasteiger partial charge is 0.216 e. The van der Waals surface area contributed by atoms with Crippen molar-refractivity contribution in [2.24, 2.45) is 0 Å². The van der Waals surface area contributed by atoms with Gasteiger partial charge in [0.05, 0.1) is 15.8 Å². The number of benzene rings is 2. The molecule has 5 heterocycles. The van der Waals surface area contributed by atoms with Gasteiger partial charge in [0.15, 0.2) is 0 Å². The van der Waals surface area contributed by atoms with E-state index < -0.39 is 0 Å². The Hall–Kier alpha value is -3.70. The molecular weight excluding hydrogens is 703 g/mol. The van der Waals surface area contributed by atoms with Gasteiger partial charge in [-0.1, -0.05) is 35.6 Å². The van der Waals surface area contributed by atoms with Crippen LogP contribution in [0.25, 0.3) is 54.8 Å². The molecule has 0 fully saturated rings. The van der Waals surface area contributed by atoms with E-state index in [9.17, 15) is 0 Å². The molecular formula is C35H29IrN3OS-2. The standard InChI is InChI=1S/C21H15N2OS.C14H14N.Ir/c1-11-7-8-15-14-5-4-6-16(20(14)24-21(15)22-11)17-9-10-18-19(23-17)12(2)13(3)25-18;1-10-4-6-13(7-5-10)14-8-11(2)12(3)9-15-14;/h4-5,7-10H,1-3H3;4-6,8-9H,1-3H3;/q2*-1;. The van der Waals surface area contributed by atoms with Gasteiger partial charge < -0.3 is 9.40 Å². The fourth-order valence-electron chi connectivity index (χ4n) is 4.68. The molecule has 1 radical (unpaired) electrons. The number of rotatable bonds is 2. The molecule has 0 saturated heterocycles. The number of thiophene rings is 1. The van der Waals surface area contributed by atoms with Crippen LogP contribution in [0.2, 0.25) is 0 Å². The maximum atomic E-state index is 6.09. The van der Waals surface area contributed by atoms with Gasteiger partial charge in [-0.2, -0.15) is 0 Å². The normalized spacial score (nSPS) is 11.0. The number of hydrogen-bond acceptors (Lipinski definition) is 5. The van der Waals surface area contributed by atoms with Crippen LogP contribution in [0, 0.1) is 53.7 Å². The third kappa shape index (κ3) is 5.60. The van der Waals surface area contributed by atoms with Crippen LogP contribution in [0.15, 0.2) is 71.3 Å². The van der Waals surface area contributed by atoms with Gasteiger partial charge in [-0.05, 0) is 75.3 Å². The van der Waals surface area contributed by atoms with Crippen molar-refractivity contribution < 1.29 is 24.5 Å². The molecule has 2 aromatic carbocycles. The van der Waals surface area contributed by atoms with Crippen LogP contribution in [0.4, 0.5) is 0 Å². The molecule has 0 saturated carbocycles. The molecule has 7 rings (SSSR count). The fraction of sp³-hybridized carbons (Fsp3) is 0.171. The average molecular weight is 732 g/mol. The van der Waals surface area contributed by atoms with Gasteiger partial charge in [0.25, 0.3) is 0 Å². The Morgan fingerprint density at radius 1 is 0.780 bits per heavy atom. The first-order valence-corrected chi connectivity index (χ1v) is 14.1. The fourth-order valence-corrected chi connectivity index (χ4v) is 5.69. The van der Waals surface area contributed by atoms with Gasteiger partial charge in [-0.3, -0.25) is 4.98 Å². The van der Waals surface area contributed by atoms with Crippen LogP contribution in [0.3, 0.4) is 0 Å². The molecule has 0 aliphatic carbocycles. The van der Waals surface area contributed by atoms with E-state index >= 15 is 0 Å². The Bertz CT molecular complexity index is 2020. The Kier molecular flexibility index (Phi) is 8.19. The summed E-state index contributed by atoms with van der Waals surface area (Å²) in [7, 11) is 0. The van der Waals surface area contributed by atoms with E-state index in [1.165, 1.54) is 31.8 Å². The molecule has 6 heteroatoms. The minimum absolute atomic E-state index is 0. The van der Waals surface area contributed by atoms with E-state index in [4.69, 9.17) is 9.40 Å². The van der Waals surface area contributed by atoms with Crippen LogP contribution in [0.1, 0.15) is 32.8 Å². The summed E-state index contributed by atoms with van der Waals surface area (Å²) in [6.45, 7) is 12.5. The average Bonchev–Trinajstić information content (AvgIpc) is 3.46. The molecule has 4 nitrogen and oxygen atoms in total. The molecule has 0 aliphatic heterocycles. The summed E-state index contributed by atoms with van der Waals surface area (Å²) < 4.78 is 7.30. The van der Waals surface area contributed by atoms with Crippen molar-refractivity contribution in [3.8, 4) is 22.5 Å². The van der Waals surface area contributed by atoms with Crippen molar-refractivity contribution in [3.63, 3.8) is 0 Å². The first kappa shape index (κ1) is 28.8. The van der Waals surface area contributed by atoms with Crippen molar-refractivity contribution in [3.05, 3.63) is 112 Å². The van der Waals surface area contributed by atoms with Crippen LogP contribution in [-0.4, -0.2) is 15.0 Å². The molecule has 0 N–H and O–H groups in total. The van der Waals surface area contributed by atoms with Gasteiger partial charge in [-0.25, -0.2) is 4.98 Å². The summed E-state index contributed by atoms with van der Waals surface area (Å²) in [6.07, 6.45) is 1.92. The minimum atomic E-state index is 0. The second-order valence-electron chi connectivity index (χ2n) is 10.3. The summed E-state index contributed by atoms with van der Waals surface area (Å²) in [5, 5.41) is 2.08. The first-order valence-electron chi connectivity index (χ1n) is 13.3.